The minimum Gasteiger partial charge on any atom is -0.300 e. The van der Waals surface area contributed by atoms with Gasteiger partial charge >= 0.3 is 6.18 Å². The summed E-state index contributed by atoms with van der Waals surface area (Å²) in [5, 5.41) is 0. The number of nitrogens with two attached hydrogens (primary N) is 1. The van der Waals surface area contributed by atoms with Gasteiger partial charge in [-0.2, -0.15) is 13.2 Å². The topological polar surface area (TPSA) is 72.2 Å². The van der Waals surface area contributed by atoms with Crippen molar-refractivity contribution in [3.8, 4) is 0 Å². The molecule has 0 saturated heterocycles. The fraction of sp³-hybridized carbons (Fsp3) is 0.300. The molecule has 2 aromatic carbocycles. The number of carbonyl (C=O) groups excluding carboxylic acids is 2. The van der Waals surface area contributed by atoms with E-state index in [1.165, 1.54) is 13.0 Å². The van der Waals surface area contributed by atoms with Crippen LogP contribution in [0.4, 0.5) is 13.2 Å². The summed E-state index contributed by atoms with van der Waals surface area (Å²) in [5.74, 6) is 4.54. The first-order valence-electron chi connectivity index (χ1n) is 8.44. The van der Waals surface area contributed by atoms with E-state index in [1.54, 1.807) is 30.3 Å². The molecule has 0 aromatic heterocycles. The number of amides is 1. The highest BCUT2D eigenvalue weighted by Crippen LogP contribution is 2.33. The number of hydrogen-bond donors (Lipinski definition) is 2. The molecule has 3 N–H and O–H groups in total. The Morgan fingerprint density at radius 1 is 0.929 bits per heavy atom. The van der Waals surface area contributed by atoms with Crippen LogP contribution in [0.1, 0.15) is 34.7 Å². The van der Waals surface area contributed by atoms with Crippen molar-refractivity contribution < 1.29 is 22.8 Å². The van der Waals surface area contributed by atoms with Gasteiger partial charge in [0, 0.05) is 6.42 Å². The number of Topliss-reactive ketones (excluding diaryl/α,β-unsaturated/α-hetero) is 1. The smallest absolute Gasteiger partial charge is 0.300 e. The van der Waals surface area contributed by atoms with Crippen molar-refractivity contribution >= 4 is 24.1 Å². The third kappa shape index (κ3) is 6.98. The van der Waals surface area contributed by atoms with E-state index < -0.39 is 11.7 Å². The lowest BCUT2D eigenvalue weighted by atomic mass is 9.95. The van der Waals surface area contributed by atoms with E-state index in [2.05, 4.69) is 0 Å². The molecule has 2 rings (SSSR count). The summed E-state index contributed by atoms with van der Waals surface area (Å²) in [6, 6.07) is 11.2. The molecule has 8 heteroatoms. The lowest BCUT2D eigenvalue weighted by Crippen LogP contribution is -2.31. The number of carbonyl (C=O) groups is 2. The molecule has 28 heavy (non-hydrogen) atoms. The molecule has 0 aliphatic heterocycles. The van der Waals surface area contributed by atoms with Crippen molar-refractivity contribution in [2.45, 2.75) is 38.8 Å². The van der Waals surface area contributed by atoms with E-state index in [9.17, 15) is 22.8 Å². The number of hydrazine groups is 1. The van der Waals surface area contributed by atoms with Crippen LogP contribution in [-0.2, 0) is 41.4 Å². The Bertz CT molecular complexity index is 821. The quantitative estimate of drug-likeness (QED) is 0.413. The third-order valence-electron chi connectivity index (χ3n) is 4.16. The summed E-state index contributed by atoms with van der Waals surface area (Å²) in [6.45, 7) is 1.35. The van der Waals surface area contributed by atoms with Gasteiger partial charge in [0.05, 0.1) is 12.0 Å². The lowest BCUT2D eigenvalue weighted by Gasteiger charge is -2.14. The summed E-state index contributed by atoms with van der Waals surface area (Å²) in [6.07, 6.45) is -3.69. The van der Waals surface area contributed by atoms with E-state index >= 15 is 0 Å². The molecule has 152 valence electrons. The summed E-state index contributed by atoms with van der Waals surface area (Å²) in [5.41, 5.74) is 3.54. The van der Waals surface area contributed by atoms with Gasteiger partial charge in [-0.3, -0.25) is 15.0 Å². The predicted octanol–water partition coefficient (Wildman–Crippen LogP) is 3.58. The molecule has 0 spiro atoms. The number of aryl methyl sites for hydroxylation is 2. The van der Waals surface area contributed by atoms with E-state index in [0.29, 0.717) is 12.0 Å². The summed E-state index contributed by atoms with van der Waals surface area (Å²) >= 11 is 0. The fourth-order valence-corrected chi connectivity index (χ4v) is 2.84. The second-order valence-electron chi connectivity index (χ2n) is 6.43. The van der Waals surface area contributed by atoms with Crippen LogP contribution in [0.3, 0.4) is 0 Å². The molecule has 0 fully saturated rings. The van der Waals surface area contributed by atoms with Gasteiger partial charge in [-0.25, -0.2) is 5.84 Å². The summed E-state index contributed by atoms with van der Waals surface area (Å²) < 4.78 is 40.1. The van der Waals surface area contributed by atoms with Crippen molar-refractivity contribution in [3.05, 3.63) is 70.3 Å². The van der Waals surface area contributed by atoms with Gasteiger partial charge in [0.1, 0.15) is 5.78 Å². The molecule has 0 aliphatic carbocycles. The SMILES string of the molecule is CC(=O)Cc1ccc(CCc2ccc(CC(=O)NN)cc2)c(C(F)(F)F)c1.Cl. The maximum Gasteiger partial charge on any atom is 0.416 e. The molecule has 0 aliphatic rings. The van der Waals surface area contributed by atoms with Gasteiger partial charge in [-0.1, -0.05) is 36.4 Å². The van der Waals surface area contributed by atoms with Gasteiger partial charge in [-0.15, -0.1) is 12.4 Å². The van der Waals surface area contributed by atoms with Crippen molar-refractivity contribution in [2.75, 3.05) is 0 Å². The molecular weight excluding hydrogens is 393 g/mol. The van der Waals surface area contributed by atoms with Crippen LogP contribution in [0.5, 0.6) is 0 Å². The molecular formula is C20H22ClF3N2O2. The Balaban J connectivity index is 0.00000392. The number of alkyl halides is 3. The van der Waals surface area contributed by atoms with E-state index in [0.717, 1.165) is 17.2 Å². The largest absolute Gasteiger partial charge is 0.416 e. The van der Waals surface area contributed by atoms with Gasteiger partial charge in [0.25, 0.3) is 0 Å². The number of halogens is 4. The molecule has 0 heterocycles. The highest BCUT2D eigenvalue weighted by molar-refractivity contribution is 5.85. The van der Waals surface area contributed by atoms with Gasteiger partial charge in [-0.05, 0) is 48.1 Å². The van der Waals surface area contributed by atoms with Gasteiger partial charge in [0.2, 0.25) is 5.91 Å². The van der Waals surface area contributed by atoms with Crippen LogP contribution in [0.25, 0.3) is 0 Å². The zero-order valence-electron chi connectivity index (χ0n) is 15.3. The second-order valence-corrected chi connectivity index (χ2v) is 6.43. The van der Waals surface area contributed by atoms with Gasteiger partial charge < -0.3 is 0 Å². The highest BCUT2D eigenvalue weighted by Gasteiger charge is 2.33. The zero-order valence-corrected chi connectivity index (χ0v) is 16.1. The van der Waals surface area contributed by atoms with E-state index in [1.807, 2.05) is 5.43 Å². The zero-order chi connectivity index (χ0) is 20.0. The van der Waals surface area contributed by atoms with E-state index in [4.69, 9.17) is 5.84 Å². The Morgan fingerprint density at radius 3 is 2.04 bits per heavy atom. The first kappa shape index (κ1) is 23.7. The Morgan fingerprint density at radius 2 is 1.50 bits per heavy atom. The first-order valence-corrected chi connectivity index (χ1v) is 8.44. The van der Waals surface area contributed by atoms with E-state index in [-0.39, 0.29) is 48.9 Å². The number of benzene rings is 2. The van der Waals surface area contributed by atoms with Crippen LogP contribution in [0, 0.1) is 0 Å². The van der Waals surface area contributed by atoms with Crippen molar-refractivity contribution in [1.82, 2.24) is 5.43 Å². The van der Waals surface area contributed by atoms with Crippen LogP contribution in [0.15, 0.2) is 42.5 Å². The lowest BCUT2D eigenvalue weighted by molar-refractivity contribution is -0.138. The number of nitrogens with one attached hydrogen (secondary N) is 1. The summed E-state index contributed by atoms with van der Waals surface area (Å²) in [4.78, 5) is 22.4. The molecule has 0 bridgehead atoms. The van der Waals surface area contributed by atoms with Crippen LogP contribution >= 0.6 is 12.4 Å². The predicted molar refractivity (Wildman–Crippen MR) is 103 cm³/mol. The minimum atomic E-state index is -4.47. The van der Waals surface area contributed by atoms with Gasteiger partial charge in [0.15, 0.2) is 0 Å². The highest BCUT2D eigenvalue weighted by atomic mass is 35.5. The monoisotopic (exact) mass is 414 g/mol. The Hall–Kier alpha value is -2.38. The van der Waals surface area contributed by atoms with Crippen molar-refractivity contribution in [1.29, 1.82) is 0 Å². The summed E-state index contributed by atoms with van der Waals surface area (Å²) in [7, 11) is 0. The molecule has 2 aromatic rings. The average Bonchev–Trinajstić information content (AvgIpc) is 2.60. The maximum atomic E-state index is 13.4. The molecule has 4 nitrogen and oxygen atoms in total. The number of hydrogen-bond acceptors (Lipinski definition) is 3. The first-order chi connectivity index (χ1) is 12.7. The molecule has 1 amide bonds. The molecule has 0 radical (unpaired) electrons. The van der Waals surface area contributed by atoms with Crippen LogP contribution < -0.4 is 11.3 Å². The number of rotatable bonds is 7. The minimum absolute atomic E-state index is 0. The fourth-order valence-electron chi connectivity index (χ4n) is 2.84. The van der Waals surface area contributed by atoms with Crippen molar-refractivity contribution in [3.63, 3.8) is 0 Å². The number of ketones is 1. The third-order valence-corrected chi connectivity index (χ3v) is 4.16. The normalized spacial score (nSPS) is 10.9. The molecule has 0 unspecified atom stereocenters. The van der Waals surface area contributed by atoms with Crippen LogP contribution in [-0.4, -0.2) is 11.7 Å². The second kappa shape index (κ2) is 10.2. The Kier molecular flexibility index (Phi) is 8.65. The van der Waals surface area contributed by atoms with Crippen LogP contribution in [0.2, 0.25) is 0 Å². The maximum absolute atomic E-state index is 13.4. The standard InChI is InChI=1S/C20H21F3N2O2.ClH/c1-13(26)10-16-7-9-17(18(11-16)20(21,22)23)8-6-14-2-4-15(5-3-14)12-19(27)25-24;/h2-5,7,9,11H,6,8,10,12,24H2,1H3,(H,25,27);1H. The molecule has 0 atom stereocenters. The Labute approximate surface area is 167 Å². The average molecular weight is 415 g/mol. The van der Waals surface area contributed by atoms with Crippen molar-refractivity contribution in [2.24, 2.45) is 5.84 Å². The molecule has 0 saturated carbocycles.